The molecule has 0 N–H and O–H groups in total. The van der Waals surface area contributed by atoms with Crippen LogP contribution in [0.5, 0.6) is 0 Å². The Morgan fingerprint density at radius 2 is 2.33 bits per heavy atom. The van der Waals surface area contributed by atoms with Crippen molar-refractivity contribution in [3.8, 4) is 0 Å². The van der Waals surface area contributed by atoms with Gasteiger partial charge in [0.1, 0.15) is 5.15 Å². The van der Waals surface area contributed by atoms with Crippen molar-refractivity contribution in [2.45, 2.75) is 12.7 Å². The highest BCUT2D eigenvalue weighted by Crippen LogP contribution is 2.10. The summed E-state index contributed by atoms with van der Waals surface area (Å²) in [6.45, 7) is 2.20. The van der Waals surface area contributed by atoms with E-state index in [9.17, 15) is 4.79 Å². The van der Waals surface area contributed by atoms with Gasteiger partial charge in [-0.2, -0.15) is 0 Å². The summed E-state index contributed by atoms with van der Waals surface area (Å²) in [6.07, 6.45) is 3.09. The summed E-state index contributed by atoms with van der Waals surface area (Å²) in [5.41, 5.74) is 0.800. The monoisotopic (exact) mass is 246 g/mol. The van der Waals surface area contributed by atoms with Crippen LogP contribution in [0.2, 0.25) is 5.15 Å². The molecular weight excluding hydrogens is 236 g/mol. The molecular formula is C9H11ClN2O2S. The third-order valence-corrected chi connectivity index (χ3v) is 2.58. The van der Waals surface area contributed by atoms with Crippen molar-refractivity contribution in [1.29, 1.82) is 0 Å². The minimum absolute atomic E-state index is 0.204. The number of hydrogen-bond acceptors (Lipinski definition) is 5. The van der Waals surface area contributed by atoms with Gasteiger partial charge in [0, 0.05) is 5.75 Å². The first-order chi connectivity index (χ1) is 7.22. The van der Waals surface area contributed by atoms with E-state index in [1.807, 2.05) is 0 Å². The van der Waals surface area contributed by atoms with Crippen molar-refractivity contribution in [1.82, 2.24) is 9.97 Å². The maximum Gasteiger partial charge on any atom is 0.315 e. The minimum Gasteiger partial charge on any atom is -0.465 e. The summed E-state index contributed by atoms with van der Waals surface area (Å²) in [5.74, 6) is 0.755. The number of aromatic nitrogens is 2. The van der Waals surface area contributed by atoms with E-state index in [0.717, 1.165) is 5.69 Å². The van der Waals surface area contributed by atoms with Gasteiger partial charge >= 0.3 is 5.97 Å². The zero-order valence-corrected chi connectivity index (χ0v) is 9.85. The van der Waals surface area contributed by atoms with Gasteiger partial charge in [0.15, 0.2) is 0 Å². The molecule has 1 aromatic heterocycles. The third kappa shape index (κ3) is 4.99. The van der Waals surface area contributed by atoms with E-state index in [1.165, 1.54) is 18.0 Å². The molecule has 6 heteroatoms. The fourth-order valence-corrected chi connectivity index (χ4v) is 1.66. The normalized spacial score (nSPS) is 10.0. The molecule has 0 saturated heterocycles. The predicted octanol–water partition coefficient (Wildman–Crippen LogP) is 1.93. The van der Waals surface area contributed by atoms with Crippen molar-refractivity contribution < 1.29 is 9.53 Å². The van der Waals surface area contributed by atoms with Gasteiger partial charge in [0.2, 0.25) is 0 Å². The highest BCUT2D eigenvalue weighted by atomic mass is 35.5. The molecule has 0 atom stereocenters. The Morgan fingerprint density at radius 3 is 2.93 bits per heavy atom. The van der Waals surface area contributed by atoms with Crippen LogP contribution in [0.15, 0.2) is 12.4 Å². The van der Waals surface area contributed by atoms with Crippen LogP contribution >= 0.6 is 23.4 Å². The maximum absolute atomic E-state index is 11.0. The Hall–Kier alpha value is -0.810. The van der Waals surface area contributed by atoms with Gasteiger partial charge in [-0.3, -0.25) is 9.78 Å². The van der Waals surface area contributed by atoms with Gasteiger partial charge < -0.3 is 4.74 Å². The van der Waals surface area contributed by atoms with Crippen molar-refractivity contribution >= 4 is 29.3 Å². The molecule has 0 amide bonds. The van der Waals surface area contributed by atoms with Gasteiger partial charge in [0.05, 0.1) is 30.4 Å². The number of halogens is 1. The van der Waals surface area contributed by atoms with Crippen LogP contribution < -0.4 is 0 Å². The largest absolute Gasteiger partial charge is 0.465 e. The number of ether oxygens (including phenoxy) is 1. The molecule has 0 aromatic carbocycles. The SMILES string of the molecule is CCOC(=O)CSCc1cnc(Cl)cn1. The average molecular weight is 247 g/mol. The molecule has 0 radical (unpaired) electrons. The van der Waals surface area contributed by atoms with E-state index in [0.29, 0.717) is 23.3 Å². The Kier molecular flexibility index (Phi) is 5.42. The smallest absolute Gasteiger partial charge is 0.315 e. The quantitative estimate of drug-likeness (QED) is 0.743. The summed E-state index contributed by atoms with van der Waals surface area (Å²) < 4.78 is 4.78. The fraction of sp³-hybridized carbons (Fsp3) is 0.444. The molecule has 82 valence electrons. The van der Waals surface area contributed by atoms with Crippen molar-refractivity contribution in [3.63, 3.8) is 0 Å². The minimum atomic E-state index is -0.204. The van der Waals surface area contributed by atoms with Gasteiger partial charge in [-0.25, -0.2) is 4.98 Å². The fourth-order valence-electron chi connectivity index (χ4n) is 0.855. The van der Waals surface area contributed by atoms with Crippen LogP contribution in [0.25, 0.3) is 0 Å². The van der Waals surface area contributed by atoms with Crippen LogP contribution in [0.1, 0.15) is 12.6 Å². The van der Waals surface area contributed by atoms with Crippen molar-refractivity contribution in [3.05, 3.63) is 23.2 Å². The number of rotatable bonds is 5. The summed E-state index contributed by atoms with van der Waals surface area (Å²) in [6, 6.07) is 0. The van der Waals surface area contributed by atoms with Crippen LogP contribution in [0.3, 0.4) is 0 Å². The molecule has 0 saturated carbocycles. The molecule has 0 aliphatic carbocycles. The predicted molar refractivity (Wildman–Crippen MR) is 59.8 cm³/mol. The van der Waals surface area contributed by atoms with E-state index >= 15 is 0 Å². The summed E-state index contributed by atoms with van der Waals surface area (Å²) in [4.78, 5) is 18.9. The molecule has 4 nitrogen and oxygen atoms in total. The molecule has 15 heavy (non-hydrogen) atoms. The molecule has 0 aliphatic heterocycles. The number of thioether (sulfide) groups is 1. The van der Waals surface area contributed by atoms with E-state index in [1.54, 1.807) is 13.1 Å². The number of esters is 1. The summed E-state index contributed by atoms with van der Waals surface area (Å²) in [5, 5.41) is 0.370. The summed E-state index contributed by atoms with van der Waals surface area (Å²) in [7, 11) is 0. The van der Waals surface area contributed by atoms with Crippen LogP contribution in [-0.2, 0) is 15.3 Å². The maximum atomic E-state index is 11.0. The van der Waals surface area contributed by atoms with Gasteiger partial charge in [-0.05, 0) is 6.92 Å². The summed E-state index contributed by atoms with van der Waals surface area (Å²) >= 11 is 7.02. The number of carbonyl (C=O) groups excluding carboxylic acids is 1. The number of nitrogens with zero attached hydrogens (tertiary/aromatic N) is 2. The second kappa shape index (κ2) is 6.63. The highest BCUT2D eigenvalue weighted by molar-refractivity contribution is 7.99. The molecule has 0 bridgehead atoms. The number of carbonyl (C=O) groups is 1. The standard InChI is InChI=1S/C9H11ClN2O2S/c1-2-14-9(13)6-15-5-7-3-12-8(10)4-11-7/h3-4H,2,5-6H2,1H3. The molecule has 1 rings (SSSR count). The lowest BCUT2D eigenvalue weighted by molar-refractivity contribution is -0.139. The molecule has 0 fully saturated rings. The van der Waals surface area contributed by atoms with E-state index < -0.39 is 0 Å². The molecule has 0 aliphatic rings. The van der Waals surface area contributed by atoms with Crippen LogP contribution in [0.4, 0.5) is 0 Å². The van der Waals surface area contributed by atoms with Crippen molar-refractivity contribution in [2.24, 2.45) is 0 Å². The molecule has 0 unspecified atom stereocenters. The molecule has 0 spiro atoms. The third-order valence-electron chi connectivity index (χ3n) is 1.45. The average Bonchev–Trinajstić information content (AvgIpc) is 2.21. The lowest BCUT2D eigenvalue weighted by Gasteiger charge is -2.01. The lowest BCUT2D eigenvalue weighted by Crippen LogP contribution is -2.06. The van der Waals surface area contributed by atoms with Gasteiger partial charge in [-0.15, -0.1) is 11.8 Å². The second-order valence-electron chi connectivity index (χ2n) is 2.63. The van der Waals surface area contributed by atoms with Crippen LogP contribution in [0, 0.1) is 0 Å². The zero-order chi connectivity index (χ0) is 11.1. The number of hydrogen-bond donors (Lipinski definition) is 0. The Labute approximate surface area is 97.4 Å². The Bertz CT molecular complexity index is 318. The highest BCUT2D eigenvalue weighted by Gasteiger charge is 2.02. The first-order valence-electron chi connectivity index (χ1n) is 4.42. The van der Waals surface area contributed by atoms with Gasteiger partial charge in [0.25, 0.3) is 0 Å². The van der Waals surface area contributed by atoms with E-state index in [-0.39, 0.29) is 5.97 Å². The zero-order valence-electron chi connectivity index (χ0n) is 8.27. The van der Waals surface area contributed by atoms with Crippen LogP contribution in [-0.4, -0.2) is 28.3 Å². The lowest BCUT2D eigenvalue weighted by atomic mass is 10.5. The van der Waals surface area contributed by atoms with E-state index in [4.69, 9.17) is 16.3 Å². The van der Waals surface area contributed by atoms with Crippen molar-refractivity contribution in [2.75, 3.05) is 12.4 Å². The molecule has 1 aromatic rings. The molecule has 1 heterocycles. The second-order valence-corrected chi connectivity index (χ2v) is 4.00. The van der Waals surface area contributed by atoms with Gasteiger partial charge in [-0.1, -0.05) is 11.6 Å². The first-order valence-corrected chi connectivity index (χ1v) is 5.95. The topological polar surface area (TPSA) is 52.1 Å². The first kappa shape index (κ1) is 12.3. The Balaban J connectivity index is 2.26. The Morgan fingerprint density at radius 1 is 1.53 bits per heavy atom. The van der Waals surface area contributed by atoms with E-state index in [2.05, 4.69) is 9.97 Å².